The molecule has 0 radical (unpaired) electrons. The Morgan fingerprint density at radius 2 is 1.88 bits per heavy atom. The first-order valence-corrected chi connectivity index (χ1v) is 7.54. The molecule has 0 bridgehead atoms. The second-order valence-electron chi connectivity index (χ2n) is 5.44. The van der Waals surface area contributed by atoms with E-state index in [2.05, 4.69) is 5.32 Å². The van der Waals surface area contributed by atoms with Gasteiger partial charge in [-0.25, -0.2) is 8.78 Å². The van der Waals surface area contributed by atoms with Crippen molar-refractivity contribution in [2.45, 2.75) is 13.5 Å². The summed E-state index contributed by atoms with van der Waals surface area (Å²) in [6.07, 6.45) is 0. The first kappa shape index (κ1) is 18.4. The minimum Gasteiger partial charge on any atom is -0.481 e. The van der Waals surface area contributed by atoms with Crippen molar-refractivity contribution in [3.05, 3.63) is 59.7 Å². The van der Waals surface area contributed by atoms with Gasteiger partial charge in [0.15, 0.2) is 18.2 Å². The van der Waals surface area contributed by atoms with Gasteiger partial charge in [-0.2, -0.15) is 0 Å². The molecule has 0 aliphatic heterocycles. The van der Waals surface area contributed by atoms with Crippen molar-refractivity contribution in [3.8, 4) is 5.75 Å². The summed E-state index contributed by atoms with van der Waals surface area (Å²) in [4.78, 5) is 24.9. The Hall–Kier alpha value is -2.96. The van der Waals surface area contributed by atoms with Crippen LogP contribution in [-0.4, -0.2) is 30.4 Å². The number of hydrogen-bond donors (Lipinski definition) is 1. The zero-order chi connectivity index (χ0) is 18.4. The second-order valence-corrected chi connectivity index (χ2v) is 5.44. The minimum atomic E-state index is -0.878. The Bertz CT molecular complexity index is 781. The highest BCUT2D eigenvalue weighted by atomic mass is 19.1. The largest absolute Gasteiger partial charge is 0.481 e. The number of benzene rings is 2. The highest BCUT2D eigenvalue weighted by Gasteiger charge is 2.12. The molecule has 25 heavy (non-hydrogen) atoms. The van der Waals surface area contributed by atoms with Crippen molar-refractivity contribution in [3.63, 3.8) is 0 Å². The molecule has 0 fully saturated rings. The summed E-state index contributed by atoms with van der Waals surface area (Å²) >= 11 is 0. The van der Waals surface area contributed by atoms with Gasteiger partial charge in [0.1, 0.15) is 5.82 Å². The number of amides is 2. The molecule has 0 heterocycles. The number of ether oxygens (including phenoxy) is 1. The van der Waals surface area contributed by atoms with Gasteiger partial charge < -0.3 is 15.0 Å². The van der Waals surface area contributed by atoms with E-state index < -0.39 is 24.1 Å². The van der Waals surface area contributed by atoms with Gasteiger partial charge in [-0.15, -0.1) is 0 Å². The van der Waals surface area contributed by atoms with Crippen LogP contribution in [0, 0.1) is 11.6 Å². The molecule has 2 aromatic rings. The topological polar surface area (TPSA) is 58.6 Å². The van der Waals surface area contributed by atoms with E-state index in [1.807, 2.05) is 0 Å². The predicted molar refractivity (Wildman–Crippen MR) is 89.1 cm³/mol. The second kappa shape index (κ2) is 8.23. The number of carbonyl (C=O) groups excluding carboxylic acids is 2. The molecule has 0 unspecified atom stereocenters. The van der Waals surface area contributed by atoms with E-state index in [-0.39, 0.29) is 11.7 Å². The van der Waals surface area contributed by atoms with Crippen LogP contribution in [0.5, 0.6) is 5.75 Å². The van der Waals surface area contributed by atoms with E-state index in [4.69, 9.17) is 4.74 Å². The van der Waals surface area contributed by atoms with Crippen LogP contribution in [0.25, 0.3) is 0 Å². The maximum absolute atomic E-state index is 13.5. The molecule has 0 atom stereocenters. The Balaban J connectivity index is 1.99. The molecule has 7 heteroatoms. The van der Waals surface area contributed by atoms with Crippen LogP contribution in [0.15, 0.2) is 42.5 Å². The predicted octanol–water partition coefficient (Wildman–Crippen LogP) is 2.96. The third kappa shape index (κ3) is 5.27. The lowest BCUT2D eigenvalue weighted by molar-refractivity contribution is -0.128. The van der Waals surface area contributed by atoms with E-state index in [9.17, 15) is 18.4 Å². The van der Waals surface area contributed by atoms with Crippen LogP contribution >= 0.6 is 0 Å². The molecule has 0 aliphatic rings. The molecule has 1 N–H and O–H groups in total. The van der Waals surface area contributed by atoms with Gasteiger partial charge in [0, 0.05) is 32.3 Å². The van der Waals surface area contributed by atoms with Gasteiger partial charge in [0.25, 0.3) is 5.91 Å². The quantitative estimate of drug-likeness (QED) is 0.873. The number of nitrogens with one attached hydrogen (secondary N) is 1. The number of hydrogen-bond acceptors (Lipinski definition) is 3. The van der Waals surface area contributed by atoms with Crippen molar-refractivity contribution in [1.82, 2.24) is 4.90 Å². The fourth-order valence-corrected chi connectivity index (χ4v) is 2.07. The maximum Gasteiger partial charge on any atom is 0.262 e. The number of rotatable bonds is 6. The summed E-state index contributed by atoms with van der Waals surface area (Å²) in [6, 6.07) is 9.86. The Labute approximate surface area is 144 Å². The summed E-state index contributed by atoms with van der Waals surface area (Å²) in [6.45, 7) is 1.35. The molecular formula is C18H18F2N2O3. The molecule has 132 valence electrons. The number of carbonyl (C=O) groups is 2. The average molecular weight is 348 g/mol. The third-order valence-electron chi connectivity index (χ3n) is 3.49. The van der Waals surface area contributed by atoms with Crippen LogP contribution in [0.1, 0.15) is 12.5 Å². The lowest BCUT2D eigenvalue weighted by Crippen LogP contribution is -2.25. The SMILES string of the molecule is CC(=O)N(C)Cc1ccccc1NC(=O)COc1ccc(F)cc1F. The van der Waals surface area contributed by atoms with Gasteiger partial charge in [0.2, 0.25) is 5.91 Å². The fourth-order valence-electron chi connectivity index (χ4n) is 2.07. The van der Waals surface area contributed by atoms with Crippen molar-refractivity contribution in [1.29, 1.82) is 0 Å². The fraction of sp³-hybridized carbons (Fsp3) is 0.222. The molecule has 0 spiro atoms. The zero-order valence-corrected chi connectivity index (χ0v) is 13.9. The van der Waals surface area contributed by atoms with Crippen molar-refractivity contribution in [2.75, 3.05) is 19.0 Å². The number of para-hydroxylation sites is 1. The first-order chi connectivity index (χ1) is 11.9. The Morgan fingerprint density at radius 3 is 2.56 bits per heavy atom. The van der Waals surface area contributed by atoms with Crippen LogP contribution in [-0.2, 0) is 16.1 Å². The van der Waals surface area contributed by atoms with Gasteiger partial charge in [-0.3, -0.25) is 9.59 Å². The highest BCUT2D eigenvalue weighted by molar-refractivity contribution is 5.92. The lowest BCUT2D eigenvalue weighted by atomic mass is 10.1. The number of halogens is 2. The third-order valence-corrected chi connectivity index (χ3v) is 3.49. The Kier molecular flexibility index (Phi) is 6.05. The minimum absolute atomic E-state index is 0.101. The number of anilines is 1. The average Bonchev–Trinajstić information content (AvgIpc) is 2.55. The van der Waals surface area contributed by atoms with Gasteiger partial charge in [0.05, 0.1) is 0 Å². The van der Waals surface area contributed by atoms with E-state index in [1.54, 1.807) is 31.3 Å². The molecule has 5 nitrogen and oxygen atoms in total. The van der Waals surface area contributed by atoms with Crippen molar-refractivity contribution >= 4 is 17.5 Å². The molecule has 0 saturated carbocycles. The Morgan fingerprint density at radius 1 is 1.16 bits per heavy atom. The zero-order valence-electron chi connectivity index (χ0n) is 13.9. The number of nitrogens with zero attached hydrogens (tertiary/aromatic N) is 1. The molecule has 2 aromatic carbocycles. The van der Waals surface area contributed by atoms with Gasteiger partial charge in [-0.1, -0.05) is 18.2 Å². The summed E-state index contributed by atoms with van der Waals surface area (Å²) in [7, 11) is 1.65. The highest BCUT2D eigenvalue weighted by Crippen LogP contribution is 2.19. The molecule has 0 saturated heterocycles. The van der Waals surface area contributed by atoms with Crippen molar-refractivity contribution in [2.24, 2.45) is 0 Å². The van der Waals surface area contributed by atoms with Crippen LogP contribution in [0.4, 0.5) is 14.5 Å². The van der Waals surface area contributed by atoms with Crippen LogP contribution in [0.2, 0.25) is 0 Å². The molecule has 2 amide bonds. The van der Waals surface area contributed by atoms with Crippen molar-refractivity contribution < 1.29 is 23.1 Å². The smallest absolute Gasteiger partial charge is 0.262 e. The van der Waals surface area contributed by atoms with E-state index >= 15 is 0 Å². The maximum atomic E-state index is 13.5. The van der Waals surface area contributed by atoms with E-state index in [0.29, 0.717) is 18.3 Å². The summed E-state index contributed by atoms with van der Waals surface area (Å²) in [5, 5.41) is 2.66. The normalized spacial score (nSPS) is 10.2. The van der Waals surface area contributed by atoms with Gasteiger partial charge in [-0.05, 0) is 23.8 Å². The van der Waals surface area contributed by atoms with Crippen LogP contribution in [0.3, 0.4) is 0 Å². The van der Waals surface area contributed by atoms with E-state index in [1.165, 1.54) is 11.8 Å². The monoisotopic (exact) mass is 348 g/mol. The first-order valence-electron chi connectivity index (χ1n) is 7.54. The van der Waals surface area contributed by atoms with E-state index in [0.717, 1.165) is 17.7 Å². The molecule has 2 rings (SSSR count). The molecule has 0 aromatic heterocycles. The van der Waals surface area contributed by atoms with Gasteiger partial charge >= 0.3 is 0 Å². The molecular weight excluding hydrogens is 330 g/mol. The summed E-state index contributed by atoms with van der Waals surface area (Å²) in [5.41, 5.74) is 1.28. The standard InChI is InChI=1S/C18H18F2N2O3/c1-12(23)22(2)10-13-5-3-4-6-16(13)21-18(24)11-25-17-8-7-14(19)9-15(17)20/h3-9H,10-11H2,1-2H3,(H,21,24). The molecule has 0 aliphatic carbocycles. The summed E-state index contributed by atoms with van der Waals surface area (Å²) < 4.78 is 31.4. The summed E-state index contributed by atoms with van der Waals surface area (Å²) in [5.74, 6) is -2.41. The lowest BCUT2D eigenvalue weighted by Gasteiger charge is -2.18. The van der Waals surface area contributed by atoms with Crippen LogP contribution < -0.4 is 10.1 Å².